The summed E-state index contributed by atoms with van der Waals surface area (Å²) in [5.41, 5.74) is -0.791. The van der Waals surface area contributed by atoms with E-state index in [0.717, 1.165) is 25.5 Å². The van der Waals surface area contributed by atoms with E-state index in [0.29, 0.717) is 18.3 Å². The molecule has 3 rings (SSSR count). The summed E-state index contributed by atoms with van der Waals surface area (Å²) in [5.74, 6) is 0.0863. The lowest BCUT2D eigenvalue weighted by molar-refractivity contribution is -0.138. The molecule has 1 N–H and O–H groups in total. The molecule has 4 nitrogen and oxygen atoms in total. The Kier molecular flexibility index (Phi) is 4.06. The van der Waals surface area contributed by atoms with Crippen LogP contribution in [-0.4, -0.2) is 22.4 Å². The maximum absolute atomic E-state index is 12.9. The molecule has 0 amide bonds. The van der Waals surface area contributed by atoms with Gasteiger partial charge in [-0.3, -0.25) is 4.68 Å². The fourth-order valence-electron chi connectivity index (χ4n) is 2.55. The number of alkyl halides is 3. The van der Waals surface area contributed by atoms with Crippen molar-refractivity contribution in [2.75, 3.05) is 6.54 Å². The quantitative estimate of drug-likeness (QED) is 0.940. The third kappa shape index (κ3) is 3.41. The molecule has 2 heterocycles. The molecule has 0 aliphatic carbocycles. The summed E-state index contributed by atoms with van der Waals surface area (Å²) in [6, 6.07) is 5.51. The first-order valence-corrected chi connectivity index (χ1v) is 7.12. The second kappa shape index (κ2) is 6.00. The van der Waals surface area contributed by atoms with Gasteiger partial charge in [0, 0.05) is 6.04 Å². The van der Waals surface area contributed by atoms with Crippen LogP contribution in [0, 0.1) is 0 Å². The van der Waals surface area contributed by atoms with E-state index < -0.39 is 11.7 Å². The van der Waals surface area contributed by atoms with Gasteiger partial charge in [0.1, 0.15) is 5.75 Å². The van der Waals surface area contributed by atoms with E-state index >= 15 is 0 Å². The Hall–Kier alpha value is -2.02. The third-order valence-electron chi connectivity index (χ3n) is 3.60. The largest absolute Gasteiger partial charge is 0.453 e. The zero-order valence-corrected chi connectivity index (χ0v) is 11.8. The number of hydrogen-bond acceptors (Lipinski definition) is 3. The minimum Gasteiger partial charge on any atom is -0.453 e. The molecular formula is C15H16F3N3O. The summed E-state index contributed by atoms with van der Waals surface area (Å²) >= 11 is 0. The van der Waals surface area contributed by atoms with E-state index in [2.05, 4.69) is 10.4 Å². The van der Waals surface area contributed by atoms with Crippen molar-refractivity contribution in [1.29, 1.82) is 0 Å². The van der Waals surface area contributed by atoms with Crippen LogP contribution in [0.4, 0.5) is 13.2 Å². The van der Waals surface area contributed by atoms with Crippen molar-refractivity contribution in [2.24, 2.45) is 0 Å². The van der Waals surface area contributed by atoms with Gasteiger partial charge in [0.2, 0.25) is 0 Å². The maximum Gasteiger partial charge on any atom is 0.419 e. The van der Waals surface area contributed by atoms with Gasteiger partial charge in [-0.15, -0.1) is 0 Å². The molecule has 1 aliphatic rings. The van der Waals surface area contributed by atoms with Crippen LogP contribution in [0.2, 0.25) is 0 Å². The van der Waals surface area contributed by atoms with Gasteiger partial charge in [0.15, 0.2) is 5.75 Å². The molecule has 1 saturated heterocycles. The predicted molar refractivity (Wildman–Crippen MR) is 74.8 cm³/mol. The van der Waals surface area contributed by atoms with Crippen molar-refractivity contribution in [1.82, 2.24) is 15.1 Å². The van der Waals surface area contributed by atoms with Crippen LogP contribution in [0.5, 0.6) is 11.5 Å². The standard InChI is InChI=1S/C15H16F3N3O/c16-15(17,18)13-5-1-2-6-14(13)22-12-8-20-21(10-12)9-11-4-3-7-19-11/h1-2,5-6,8,10-11,19H,3-4,7,9H2. The first-order valence-electron chi connectivity index (χ1n) is 7.12. The Balaban J connectivity index is 1.72. The van der Waals surface area contributed by atoms with Gasteiger partial charge in [-0.05, 0) is 31.5 Å². The second-order valence-corrected chi connectivity index (χ2v) is 5.29. The summed E-state index contributed by atoms with van der Waals surface area (Å²) in [5, 5.41) is 7.48. The molecule has 0 radical (unpaired) electrons. The van der Waals surface area contributed by atoms with Crippen LogP contribution in [0.1, 0.15) is 18.4 Å². The smallest absolute Gasteiger partial charge is 0.419 e. The lowest BCUT2D eigenvalue weighted by atomic mass is 10.2. The fourth-order valence-corrected chi connectivity index (χ4v) is 2.55. The SMILES string of the molecule is FC(F)(F)c1ccccc1Oc1cnn(CC2CCCN2)c1. The number of aromatic nitrogens is 2. The normalized spacial score (nSPS) is 18.6. The van der Waals surface area contributed by atoms with Gasteiger partial charge in [0.05, 0.1) is 24.5 Å². The average molecular weight is 311 g/mol. The van der Waals surface area contributed by atoms with Gasteiger partial charge < -0.3 is 10.1 Å². The molecule has 0 saturated carbocycles. The highest BCUT2D eigenvalue weighted by Gasteiger charge is 2.34. The third-order valence-corrected chi connectivity index (χ3v) is 3.60. The van der Waals surface area contributed by atoms with Crippen LogP contribution in [-0.2, 0) is 12.7 Å². The van der Waals surface area contributed by atoms with Gasteiger partial charge in [0.25, 0.3) is 0 Å². The lowest BCUT2D eigenvalue weighted by Crippen LogP contribution is -2.26. The second-order valence-electron chi connectivity index (χ2n) is 5.29. The van der Waals surface area contributed by atoms with Gasteiger partial charge in [-0.1, -0.05) is 12.1 Å². The molecule has 118 valence electrons. The highest BCUT2D eigenvalue weighted by molar-refractivity contribution is 5.38. The van der Waals surface area contributed by atoms with Crippen molar-refractivity contribution in [3.8, 4) is 11.5 Å². The zero-order valence-electron chi connectivity index (χ0n) is 11.8. The van der Waals surface area contributed by atoms with Crippen molar-refractivity contribution < 1.29 is 17.9 Å². The Morgan fingerprint density at radius 3 is 2.86 bits per heavy atom. The number of para-hydroxylation sites is 1. The molecule has 22 heavy (non-hydrogen) atoms. The number of nitrogens with zero attached hydrogens (tertiary/aromatic N) is 2. The van der Waals surface area contributed by atoms with Crippen LogP contribution in [0.15, 0.2) is 36.7 Å². The van der Waals surface area contributed by atoms with E-state index in [-0.39, 0.29) is 5.75 Å². The van der Waals surface area contributed by atoms with Crippen LogP contribution in [0.25, 0.3) is 0 Å². The Morgan fingerprint density at radius 2 is 2.14 bits per heavy atom. The molecule has 7 heteroatoms. The highest BCUT2D eigenvalue weighted by atomic mass is 19.4. The van der Waals surface area contributed by atoms with Crippen LogP contribution in [0.3, 0.4) is 0 Å². The number of halogens is 3. The van der Waals surface area contributed by atoms with Crippen molar-refractivity contribution in [2.45, 2.75) is 31.6 Å². The number of hydrogen-bond donors (Lipinski definition) is 1. The molecule has 2 aromatic rings. The van der Waals surface area contributed by atoms with Crippen molar-refractivity contribution in [3.05, 3.63) is 42.2 Å². The van der Waals surface area contributed by atoms with Crippen LogP contribution < -0.4 is 10.1 Å². The fraction of sp³-hybridized carbons (Fsp3) is 0.400. The molecule has 1 aromatic carbocycles. The van der Waals surface area contributed by atoms with Crippen molar-refractivity contribution in [3.63, 3.8) is 0 Å². The molecule has 0 bridgehead atoms. The van der Waals surface area contributed by atoms with Gasteiger partial charge >= 0.3 is 6.18 Å². The predicted octanol–water partition coefficient (Wildman–Crippen LogP) is 3.45. The summed E-state index contributed by atoms with van der Waals surface area (Å²) < 4.78 is 45.8. The molecule has 1 unspecified atom stereocenters. The monoisotopic (exact) mass is 311 g/mol. The molecule has 0 spiro atoms. The summed E-state index contributed by atoms with van der Waals surface area (Å²) in [4.78, 5) is 0. The lowest BCUT2D eigenvalue weighted by Gasteiger charge is -2.12. The molecular weight excluding hydrogens is 295 g/mol. The minimum atomic E-state index is -4.44. The van der Waals surface area contributed by atoms with Gasteiger partial charge in [-0.2, -0.15) is 18.3 Å². The molecule has 1 aromatic heterocycles. The van der Waals surface area contributed by atoms with E-state index in [1.807, 2.05) is 0 Å². The summed E-state index contributed by atoms with van der Waals surface area (Å²) in [6.07, 6.45) is 0.816. The van der Waals surface area contributed by atoms with E-state index in [4.69, 9.17) is 4.74 Å². The summed E-state index contributed by atoms with van der Waals surface area (Å²) in [6.45, 7) is 1.68. The van der Waals surface area contributed by atoms with Crippen LogP contribution >= 0.6 is 0 Å². The van der Waals surface area contributed by atoms with E-state index in [1.165, 1.54) is 24.4 Å². The molecule has 1 atom stereocenters. The number of ether oxygens (including phenoxy) is 1. The first-order chi connectivity index (χ1) is 10.5. The topological polar surface area (TPSA) is 39.1 Å². The number of nitrogens with one attached hydrogen (secondary N) is 1. The molecule has 1 aliphatic heterocycles. The van der Waals surface area contributed by atoms with E-state index in [9.17, 15) is 13.2 Å². The van der Waals surface area contributed by atoms with Crippen molar-refractivity contribution >= 4 is 0 Å². The Bertz CT molecular complexity index is 633. The molecule has 1 fully saturated rings. The first kappa shape index (κ1) is 14.9. The summed E-state index contributed by atoms with van der Waals surface area (Å²) in [7, 11) is 0. The highest BCUT2D eigenvalue weighted by Crippen LogP contribution is 2.37. The number of benzene rings is 1. The zero-order chi connectivity index (χ0) is 15.6. The number of rotatable bonds is 4. The van der Waals surface area contributed by atoms with E-state index in [1.54, 1.807) is 10.9 Å². The minimum absolute atomic E-state index is 0.214. The Labute approximate surface area is 125 Å². The maximum atomic E-state index is 12.9. The van der Waals surface area contributed by atoms with Gasteiger partial charge in [-0.25, -0.2) is 0 Å². The Morgan fingerprint density at radius 1 is 1.32 bits per heavy atom. The average Bonchev–Trinajstić information content (AvgIpc) is 3.11.